The number of carbonyl (C=O) groups is 1. The topological polar surface area (TPSA) is 74.6 Å². The number of carbonyl (C=O) groups excluding carboxylic acids is 1. The molecular weight excluding hydrogens is 402 g/mol. The van der Waals surface area contributed by atoms with Crippen LogP contribution in [0.4, 0.5) is 11.4 Å². The van der Waals surface area contributed by atoms with Crippen LogP contribution in [0.5, 0.6) is 11.5 Å². The Morgan fingerprint density at radius 2 is 1.94 bits per heavy atom. The third kappa shape index (κ3) is 4.62. The van der Waals surface area contributed by atoms with Crippen LogP contribution in [-0.4, -0.2) is 32.2 Å². The van der Waals surface area contributed by atoms with Gasteiger partial charge in [0.1, 0.15) is 23.1 Å². The molecule has 6 nitrogen and oxygen atoms in total. The van der Waals surface area contributed by atoms with Crippen LogP contribution in [0.3, 0.4) is 0 Å². The molecule has 166 valence electrons. The third-order valence-electron chi connectivity index (χ3n) is 5.66. The van der Waals surface area contributed by atoms with Gasteiger partial charge >= 0.3 is 0 Å². The molecular formula is C26H29N3O3. The molecule has 0 spiro atoms. The number of nitrogens with one attached hydrogen (secondary N) is 1. The summed E-state index contributed by atoms with van der Waals surface area (Å²) >= 11 is 0. The first kappa shape index (κ1) is 23.0. The first-order valence-corrected chi connectivity index (χ1v) is 10.5. The van der Waals surface area contributed by atoms with Gasteiger partial charge in [0.2, 0.25) is 0 Å². The maximum absolute atomic E-state index is 12.8. The molecule has 0 saturated carbocycles. The van der Waals surface area contributed by atoms with Crippen LogP contribution in [0.1, 0.15) is 38.8 Å². The number of nitrogens with zero attached hydrogens (tertiary/aromatic N) is 2. The number of ether oxygens (including phenoxy) is 2. The number of rotatable bonds is 6. The fraction of sp³-hybridized carbons (Fsp3) is 0.308. The van der Waals surface area contributed by atoms with E-state index in [1.54, 1.807) is 37.5 Å². The van der Waals surface area contributed by atoms with E-state index in [0.29, 0.717) is 23.6 Å². The average Bonchev–Trinajstić information content (AvgIpc) is 2.76. The van der Waals surface area contributed by atoms with Crippen molar-refractivity contribution in [3.8, 4) is 17.6 Å². The number of amides is 1. The predicted octanol–water partition coefficient (Wildman–Crippen LogP) is 5.27. The minimum atomic E-state index is -0.484. The molecule has 0 aromatic heterocycles. The van der Waals surface area contributed by atoms with Gasteiger partial charge in [0.05, 0.1) is 19.3 Å². The molecule has 32 heavy (non-hydrogen) atoms. The van der Waals surface area contributed by atoms with Crippen LogP contribution < -0.4 is 19.7 Å². The average molecular weight is 432 g/mol. The van der Waals surface area contributed by atoms with E-state index in [2.05, 4.69) is 37.1 Å². The number of hydrogen-bond donors (Lipinski definition) is 1. The monoisotopic (exact) mass is 431 g/mol. The number of allylic oxidation sites excluding steroid dienone is 1. The minimum Gasteiger partial charge on any atom is -0.496 e. The fourth-order valence-electron chi connectivity index (χ4n) is 3.79. The van der Waals surface area contributed by atoms with E-state index in [1.807, 2.05) is 32.2 Å². The molecule has 0 aliphatic carbocycles. The molecule has 0 fully saturated rings. The first-order chi connectivity index (χ1) is 15.2. The largest absolute Gasteiger partial charge is 0.496 e. The van der Waals surface area contributed by atoms with Crippen LogP contribution in [0.15, 0.2) is 48.0 Å². The lowest BCUT2D eigenvalue weighted by atomic mass is 9.88. The maximum atomic E-state index is 12.8. The third-order valence-corrected chi connectivity index (χ3v) is 5.66. The van der Waals surface area contributed by atoms with Gasteiger partial charge in [0.25, 0.3) is 5.91 Å². The molecule has 2 aromatic carbocycles. The van der Waals surface area contributed by atoms with Crippen LogP contribution in [0, 0.1) is 11.3 Å². The summed E-state index contributed by atoms with van der Waals surface area (Å²) < 4.78 is 11.0. The van der Waals surface area contributed by atoms with Crippen LogP contribution in [-0.2, 0) is 4.79 Å². The molecule has 0 radical (unpaired) electrons. The summed E-state index contributed by atoms with van der Waals surface area (Å²) in [5.41, 5.74) is 4.34. The number of hydrogen-bond acceptors (Lipinski definition) is 5. The van der Waals surface area contributed by atoms with Gasteiger partial charge in [0.15, 0.2) is 0 Å². The highest BCUT2D eigenvalue weighted by Gasteiger charge is 2.29. The highest BCUT2D eigenvalue weighted by Crippen LogP contribution is 2.41. The molecule has 1 aliphatic rings. The lowest BCUT2D eigenvalue weighted by Crippen LogP contribution is -2.42. The minimum absolute atomic E-state index is 0.0109. The summed E-state index contributed by atoms with van der Waals surface area (Å²) in [7, 11) is 3.63. The lowest BCUT2D eigenvalue weighted by molar-refractivity contribution is -0.112. The number of fused-ring (bicyclic) bond motifs is 1. The summed E-state index contributed by atoms with van der Waals surface area (Å²) in [6, 6.07) is 13.0. The second kappa shape index (κ2) is 9.19. The lowest BCUT2D eigenvalue weighted by Gasteiger charge is -2.41. The number of nitriles is 1. The van der Waals surface area contributed by atoms with Gasteiger partial charge in [-0.3, -0.25) is 4.79 Å². The van der Waals surface area contributed by atoms with E-state index in [1.165, 1.54) is 0 Å². The van der Waals surface area contributed by atoms with Crippen molar-refractivity contribution in [2.45, 2.75) is 33.2 Å². The van der Waals surface area contributed by atoms with Gasteiger partial charge in [0, 0.05) is 35.6 Å². The van der Waals surface area contributed by atoms with Gasteiger partial charge in [-0.25, -0.2) is 0 Å². The zero-order valence-electron chi connectivity index (χ0n) is 19.4. The van der Waals surface area contributed by atoms with Crippen molar-refractivity contribution in [2.75, 3.05) is 31.0 Å². The van der Waals surface area contributed by atoms with Crippen molar-refractivity contribution >= 4 is 28.9 Å². The summed E-state index contributed by atoms with van der Waals surface area (Å²) in [4.78, 5) is 14.9. The number of benzene rings is 2. The van der Waals surface area contributed by atoms with E-state index < -0.39 is 5.91 Å². The molecule has 1 aliphatic heterocycles. The fourth-order valence-corrected chi connectivity index (χ4v) is 3.79. The van der Waals surface area contributed by atoms with Crippen molar-refractivity contribution in [1.82, 2.24) is 0 Å². The molecule has 6 heteroatoms. The molecule has 0 unspecified atom stereocenters. The molecule has 2 aromatic rings. The van der Waals surface area contributed by atoms with Gasteiger partial charge in [-0.05, 0) is 69.7 Å². The first-order valence-electron chi connectivity index (χ1n) is 10.5. The Morgan fingerprint density at radius 1 is 1.25 bits per heavy atom. The molecule has 0 atom stereocenters. The zero-order chi connectivity index (χ0) is 23.5. The number of methoxy groups -OCH3 is 1. The molecule has 0 saturated heterocycles. The molecule has 1 amide bonds. The SMILES string of the molecule is CCOc1ccc(NC(=O)/C(C#N)=C/c2cc3c(cc2OC)N(C)C(C)(C)C=C3C)cc1. The Bertz CT molecular complexity index is 1120. The van der Waals surface area contributed by atoms with Crippen molar-refractivity contribution in [2.24, 2.45) is 0 Å². The van der Waals surface area contributed by atoms with Gasteiger partial charge < -0.3 is 19.7 Å². The number of anilines is 2. The van der Waals surface area contributed by atoms with Crippen LogP contribution in [0.2, 0.25) is 0 Å². The standard InChI is InChI=1S/C26H29N3O3/c1-7-32-21-10-8-20(9-11-21)28-25(30)19(16-27)12-18-13-22-17(2)15-26(3,4)29(5)23(22)14-24(18)31-6/h8-15H,7H2,1-6H3,(H,28,30)/b19-12+. The second-order valence-corrected chi connectivity index (χ2v) is 8.23. The summed E-state index contributed by atoms with van der Waals surface area (Å²) in [5.74, 6) is 0.835. The molecule has 0 bridgehead atoms. The summed E-state index contributed by atoms with van der Waals surface area (Å²) in [5, 5.41) is 12.4. The van der Waals surface area contributed by atoms with Gasteiger partial charge in [-0.1, -0.05) is 6.08 Å². The molecule has 3 rings (SSSR count). The quantitative estimate of drug-likeness (QED) is 0.498. The van der Waals surface area contributed by atoms with Crippen molar-refractivity contribution in [3.05, 3.63) is 59.2 Å². The van der Waals surface area contributed by atoms with Gasteiger partial charge in [-0.2, -0.15) is 5.26 Å². The Balaban J connectivity index is 1.94. The Morgan fingerprint density at radius 3 is 2.53 bits per heavy atom. The van der Waals surface area contributed by atoms with E-state index in [9.17, 15) is 10.1 Å². The smallest absolute Gasteiger partial charge is 0.266 e. The number of likely N-dealkylation sites (N-methyl/N-ethyl adjacent to an activating group) is 1. The van der Waals surface area contributed by atoms with Crippen molar-refractivity contribution in [1.29, 1.82) is 5.26 Å². The summed E-state index contributed by atoms with van der Waals surface area (Å²) in [6.07, 6.45) is 3.77. The zero-order valence-corrected chi connectivity index (χ0v) is 19.4. The second-order valence-electron chi connectivity index (χ2n) is 8.23. The Hall–Kier alpha value is -3.72. The Labute approximate surface area is 189 Å². The van der Waals surface area contributed by atoms with E-state index in [-0.39, 0.29) is 11.1 Å². The van der Waals surface area contributed by atoms with Crippen LogP contribution in [0.25, 0.3) is 11.6 Å². The molecule has 1 N–H and O–H groups in total. The maximum Gasteiger partial charge on any atom is 0.266 e. The van der Waals surface area contributed by atoms with E-state index >= 15 is 0 Å². The van der Waals surface area contributed by atoms with Crippen molar-refractivity contribution < 1.29 is 14.3 Å². The van der Waals surface area contributed by atoms with Crippen molar-refractivity contribution in [3.63, 3.8) is 0 Å². The highest BCUT2D eigenvalue weighted by atomic mass is 16.5. The summed E-state index contributed by atoms with van der Waals surface area (Å²) in [6.45, 7) is 8.84. The van der Waals surface area contributed by atoms with E-state index in [4.69, 9.17) is 9.47 Å². The predicted molar refractivity (Wildman–Crippen MR) is 129 cm³/mol. The van der Waals surface area contributed by atoms with Gasteiger partial charge in [-0.15, -0.1) is 0 Å². The van der Waals surface area contributed by atoms with Crippen LogP contribution >= 0.6 is 0 Å². The normalized spacial score (nSPS) is 14.7. The molecule has 1 heterocycles. The highest BCUT2D eigenvalue weighted by molar-refractivity contribution is 6.10. The Kier molecular flexibility index (Phi) is 6.59. The van der Waals surface area contributed by atoms with E-state index in [0.717, 1.165) is 22.6 Å².